The molecular weight excluding hydrogens is 365 g/mol. The normalized spacial score (nSPS) is 10.9. The van der Waals surface area contributed by atoms with Gasteiger partial charge in [-0.25, -0.2) is 9.37 Å². The van der Waals surface area contributed by atoms with Crippen LogP contribution in [0.3, 0.4) is 0 Å². The van der Waals surface area contributed by atoms with E-state index in [0.717, 1.165) is 39.0 Å². The van der Waals surface area contributed by atoms with E-state index in [9.17, 15) is 9.65 Å². The van der Waals surface area contributed by atoms with E-state index in [1.165, 1.54) is 17.0 Å². The summed E-state index contributed by atoms with van der Waals surface area (Å²) < 4.78 is 13.3. The number of quaternary nitrogens is 1. The monoisotopic (exact) mass is 384 g/mol. The van der Waals surface area contributed by atoms with E-state index in [2.05, 4.69) is 20.2 Å². The Morgan fingerprint density at radius 1 is 1.23 bits per heavy atom. The Labute approximate surface area is 161 Å². The number of benzene rings is 1. The lowest BCUT2D eigenvalue weighted by Crippen LogP contribution is -3.06. The molecule has 0 amide bonds. The van der Waals surface area contributed by atoms with Crippen molar-refractivity contribution in [1.29, 1.82) is 5.26 Å². The SMILES string of the molecule is C[NH+](C)CCSc1nc(-c2cccs2)cc(-c2ccc(F)cc2)c1C#N. The summed E-state index contributed by atoms with van der Waals surface area (Å²) in [6.45, 7) is 0.978. The number of hydrogen-bond donors (Lipinski definition) is 1. The summed E-state index contributed by atoms with van der Waals surface area (Å²) in [4.78, 5) is 7.16. The van der Waals surface area contributed by atoms with E-state index >= 15 is 0 Å². The molecule has 0 bridgehead atoms. The van der Waals surface area contributed by atoms with E-state index < -0.39 is 0 Å². The maximum absolute atomic E-state index is 13.3. The van der Waals surface area contributed by atoms with Gasteiger partial charge in [0.05, 0.1) is 36.8 Å². The van der Waals surface area contributed by atoms with E-state index in [-0.39, 0.29) is 5.82 Å². The minimum Gasteiger partial charge on any atom is -0.339 e. The van der Waals surface area contributed by atoms with Crippen molar-refractivity contribution in [3.05, 3.63) is 59.2 Å². The Kier molecular flexibility index (Phi) is 6.04. The standard InChI is InChI=1S/C20H18FN3S2/c1-24(2)9-11-26-20-17(13-22)16(14-5-7-15(21)8-6-14)12-18(23-20)19-4-3-10-25-19/h3-8,10,12H,9,11H2,1-2H3/p+1. The fourth-order valence-electron chi connectivity index (χ4n) is 2.49. The Morgan fingerprint density at radius 2 is 2.00 bits per heavy atom. The second-order valence-electron chi connectivity index (χ2n) is 6.14. The zero-order valence-corrected chi connectivity index (χ0v) is 16.3. The number of thioether (sulfide) groups is 1. The Hall–Kier alpha value is -2.20. The molecule has 6 heteroatoms. The highest BCUT2D eigenvalue weighted by Gasteiger charge is 2.16. The van der Waals surface area contributed by atoms with E-state index in [1.54, 1.807) is 35.2 Å². The molecule has 0 atom stereocenters. The van der Waals surface area contributed by atoms with Crippen LogP contribution in [0, 0.1) is 17.1 Å². The fourth-order valence-corrected chi connectivity index (χ4v) is 4.35. The number of nitriles is 1. The van der Waals surface area contributed by atoms with Crippen molar-refractivity contribution < 1.29 is 9.29 Å². The number of nitrogens with one attached hydrogen (secondary N) is 1. The largest absolute Gasteiger partial charge is 0.339 e. The minimum absolute atomic E-state index is 0.289. The predicted octanol–water partition coefficient (Wildman–Crippen LogP) is 3.72. The average Bonchev–Trinajstić information content (AvgIpc) is 3.16. The molecule has 1 N–H and O–H groups in total. The van der Waals surface area contributed by atoms with Crippen LogP contribution in [0.15, 0.2) is 52.9 Å². The van der Waals surface area contributed by atoms with Gasteiger partial charge in [0.25, 0.3) is 0 Å². The second-order valence-corrected chi connectivity index (χ2v) is 8.17. The first-order valence-corrected chi connectivity index (χ1v) is 10.1. The third-order valence-corrected chi connectivity index (χ3v) is 5.74. The molecule has 1 aromatic carbocycles. The zero-order valence-electron chi connectivity index (χ0n) is 14.6. The molecule has 0 fully saturated rings. The number of hydrogen-bond acceptors (Lipinski definition) is 4. The van der Waals surface area contributed by atoms with E-state index in [0.29, 0.717) is 5.56 Å². The number of thiophene rings is 1. The van der Waals surface area contributed by atoms with Gasteiger partial charge in [-0.2, -0.15) is 5.26 Å². The maximum Gasteiger partial charge on any atom is 0.123 e. The van der Waals surface area contributed by atoms with Crippen molar-refractivity contribution >= 4 is 23.1 Å². The summed E-state index contributed by atoms with van der Waals surface area (Å²) in [6.07, 6.45) is 0. The summed E-state index contributed by atoms with van der Waals surface area (Å²) in [6, 6.07) is 14.5. The molecule has 132 valence electrons. The number of pyridine rings is 1. The molecule has 26 heavy (non-hydrogen) atoms. The lowest BCUT2D eigenvalue weighted by atomic mass is 10.0. The van der Waals surface area contributed by atoms with Crippen molar-refractivity contribution in [2.24, 2.45) is 0 Å². The van der Waals surface area contributed by atoms with Crippen molar-refractivity contribution in [1.82, 2.24) is 4.98 Å². The van der Waals surface area contributed by atoms with Crippen molar-refractivity contribution in [2.45, 2.75) is 5.03 Å². The topological polar surface area (TPSA) is 41.1 Å². The van der Waals surface area contributed by atoms with Crippen molar-refractivity contribution in [2.75, 3.05) is 26.4 Å². The molecule has 0 aliphatic carbocycles. The Balaban J connectivity index is 2.10. The van der Waals surface area contributed by atoms with E-state index in [1.807, 2.05) is 23.6 Å². The van der Waals surface area contributed by atoms with Gasteiger partial charge in [0.1, 0.15) is 16.9 Å². The molecule has 3 aromatic rings. The van der Waals surface area contributed by atoms with Crippen LogP contribution >= 0.6 is 23.1 Å². The first-order chi connectivity index (χ1) is 12.6. The second kappa shape index (κ2) is 8.45. The van der Waals surface area contributed by atoms with Gasteiger partial charge in [-0.15, -0.1) is 11.3 Å². The summed E-state index contributed by atoms with van der Waals surface area (Å²) in [5, 5.41) is 12.5. The van der Waals surface area contributed by atoms with E-state index in [4.69, 9.17) is 4.98 Å². The van der Waals surface area contributed by atoms with Gasteiger partial charge in [-0.05, 0) is 35.2 Å². The fraction of sp³-hybridized carbons (Fsp3) is 0.200. The number of halogens is 1. The highest BCUT2D eigenvalue weighted by atomic mass is 32.2. The molecule has 0 saturated heterocycles. The molecule has 0 aliphatic rings. The Bertz CT molecular complexity index is 913. The third kappa shape index (κ3) is 4.31. The van der Waals surface area contributed by atoms with Crippen LogP contribution in [0.2, 0.25) is 0 Å². The van der Waals surface area contributed by atoms with Crippen LogP contribution in [0.4, 0.5) is 4.39 Å². The van der Waals surface area contributed by atoms with Gasteiger partial charge in [0.2, 0.25) is 0 Å². The van der Waals surface area contributed by atoms with Crippen LogP contribution in [-0.2, 0) is 0 Å². The highest BCUT2D eigenvalue weighted by Crippen LogP contribution is 2.35. The number of aromatic nitrogens is 1. The molecule has 0 saturated carbocycles. The molecule has 0 spiro atoms. The molecule has 2 aromatic heterocycles. The summed E-state index contributed by atoms with van der Waals surface area (Å²) in [5.41, 5.74) is 3.02. The zero-order chi connectivity index (χ0) is 18.5. The van der Waals surface area contributed by atoms with Gasteiger partial charge in [0.15, 0.2) is 0 Å². The molecule has 3 nitrogen and oxygen atoms in total. The summed E-state index contributed by atoms with van der Waals surface area (Å²) in [5.74, 6) is 0.587. The molecule has 0 radical (unpaired) electrons. The first-order valence-electron chi connectivity index (χ1n) is 8.25. The predicted molar refractivity (Wildman–Crippen MR) is 106 cm³/mol. The quantitative estimate of drug-likeness (QED) is 0.659. The van der Waals surface area contributed by atoms with Gasteiger partial charge in [0, 0.05) is 11.3 Å². The number of nitrogens with zero attached hydrogens (tertiary/aromatic N) is 2. The summed E-state index contributed by atoms with van der Waals surface area (Å²) >= 11 is 3.21. The minimum atomic E-state index is -0.289. The average molecular weight is 385 g/mol. The smallest absolute Gasteiger partial charge is 0.123 e. The molecular formula is C20H19FN3S2+. The molecule has 0 unspecified atom stereocenters. The lowest BCUT2D eigenvalue weighted by molar-refractivity contribution is -0.855. The van der Waals surface area contributed by atoms with Gasteiger partial charge in [-0.3, -0.25) is 0 Å². The van der Waals surface area contributed by atoms with Crippen molar-refractivity contribution in [3.8, 4) is 27.8 Å². The van der Waals surface area contributed by atoms with Crippen molar-refractivity contribution in [3.63, 3.8) is 0 Å². The lowest BCUT2D eigenvalue weighted by Gasteiger charge is -2.12. The number of rotatable bonds is 6. The molecule has 3 rings (SSSR count). The van der Waals surface area contributed by atoms with Crippen LogP contribution in [0.1, 0.15) is 5.56 Å². The van der Waals surface area contributed by atoms with Gasteiger partial charge >= 0.3 is 0 Å². The highest BCUT2D eigenvalue weighted by molar-refractivity contribution is 7.99. The van der Waals surface area contributed by atoms with Crippen LogP contribution in [0.5, 0.6) is 0 Å². The maximum atomic E-state index is 13.3. The Morgan fingerprint density at radius 3 is 2.62 bits per heavy atom. The van der Waals surface area contributed by atoms with Gasteiger partial charge < -0.3 is 4.90 Å². The van der Waals surface area contributed by atoms with Gasteiger partial charge in [-0.1, -0.05) is 30.0 Å². The van der Waals surface area contributed by atoms with Crippen LogP contribution in [-0.4, -0.2) is 31.4 Å². The third-order valence-electron chi connectivity index (χ3n) is 3.87. The van der Waals surface area contributed by atoms with Crippen LogP contribution < -0.4 is 4.90 Å². The molecule has 0 aliphatic heterocycles. The van der Waals surface area contributed by atoms with Crippen LogP contribution in [0.25, 0.3) is 21.7 Å². The molecule has 2 heterocycles. The first kappa shape index (κ1) is 18.6. The summed E-state index contributed by atoms with van der Waals surface area (Å²) in [7, 11) is 4.20.